The molecule has 112 valence electrons. The van der Waals surface area contributed by atoms with Crippen LogP contribution in [0.5, 0.6) is 11.5 Å². The van der Waals surface area contributed by atoms with E-state index in [-0.39, 0.29) is 22.1 Å². The summed E-state index contributed by atoms with van der Waals surface area (Å²) in [4.78, 5) is -0.132. The molecular weight excluding hydrogens is 363 g/mol. The lowest BCUT2D eigenvalue weighted by Crippen LogP contribution is -2.14. The molecule has 0 saturated carbocycles. The molecule has 2 rings (SSSR count). The van der Waals surface area contributed by atoms with E-state index in [1.165, 1.54) is 31.2 Å². The van der Waals surface area contributed by atoms with Crippen LogP contribution in [0.15, 0.2) is 39.7 Å². The molecule has 0 saturated heterocycles. The normalized spacial score (nSPS) is 11.4. The second kappa shape index (κ2) is 5.63. The van der Waals surface area contributed by atoms with Gasteiger partial charge in [0.2, 0.25) is 10.0 Å². The summed E-state index contributed by atoms with van der Waals surface area (Å²) < 4.78 is 42.4. The molecule has 0 fully saturated rings. The molecule has 0 atom stereocenters. The van der Waals surface area contributed by atoms with Crippen LogP contribution in [0.1, 0.15) is 5.56 Å². The summed E-state index contributed by atoms with van der Waals surface area (Å²) in [5.74, 6) is -0.0972. The van der Waals surface area contributed by atoms with Gasteiger partial charge in [0.1, 0.15) is 17.3 Å². The van der Waals surface area contributed by atoms with Crippen LogP contribution in [0.3, 0.4) is 0 Å². The molecule has 0 radical (unpaired) electrons. The van der Waals surface area contributed by atoms with Crippen molar-refractivity contribution in [2.24, 2.45) is 5.14 Å². The molecular formula is C13H12BrFN2O3S. The number of primary sulfonamides is 1. The molecule has 4 N–H and O–H groups in total. The first-order valence-electron chi connectivity index (χ1n) is 5.73. The van der Waals surface area contributed by atoms with E-state index in [1.54, 1.807) is 6.07 Å². The van der Waals surface area contributed by atoms with Crippen LogP contribution in [0.25, 0.3) is 0 Å². The molecule has 0 aliphatic rings. The van der Waals surface area contributed by atoms with Crippen molar-refractivity contribution >= 4 is 31.6 Å². The maximum absolute atomic E-state index is 13.3. The number of rotatable bonds is 3. The lowest BCUT2D eigenvalue weighted by atomic mass is 10.2. The first-order chi connectivity index (χ1) is 9.66. The largest absolute Gasteiger partial charge is 0.457 e. The van der Waals surface area contributed by atoms with Crippen LogP contribution in [0, 0.1) is 12.7 Å². The van der Waals surface area contributed by atoms with Gasteiger partial charge >= 0.3 is 0 Å². The van der Waals surface area contributed by atoms with Gasteiger partial charge in [0, 0.05) is 27.9 Å². The molecule has 0 aromatic heterocycles. The number of sulfonamides is 1. The summed E-state index contributed by atoms with van der Waals surface area (Å²) in [7, 11) is -3.93. The Kier molecular flexibility index (Phi) is 4.22. The lowest BCUT2D eigenvalue weighted by molar-refractivity contribution is 0.470. The van der Waals surface area contributed by atoms with Gasteiger partial charge in [-0.15, -0.1) is 0 Å². The van der Waals surface area contributed by atoms with Crippen LogP contribution >= 0.6 is 15.9 Å². The number of anilines is 1. The number of nitrogens with two attached hydrogens (primary N) is 2. The van der Waals surface area contributed by atoms with Gasteiger partial charge in [0.25, 0.3) is 0 Å². The number of ether oxygens (including phenoxy) is 1. The van der Waals surface area contributed by atoms with Crippen molar-refractivity contribution < 1.29 is 17.5 Å². The smallest absolute Gasteiger partial charge is 0.238 e. The highest BCUT2D eigenvalue weighted by Gasteiger charge is 2.17. The van der Waals surface area contributed by atoms with Crippen molar-refractivity contribution in [1.29, 1.82) is 0 Å². The quantitative estimate of drug-likeness (QED) is 0.807. The Labute approximate surface area is 129 Å². The zero-order valence-electron chi connectivity index (χ0n) is 10.9. The van der Waals surface area contributed by atoms with Gasteiger partial charge in [0.05, 0.1) is 4.90 Å². The van der Waals surface area contributed by atoms with E-state index in [1.807, 2.05) is 0 Å². The average Bonchev–Trinajstić information content (AvgIpc) is 2.30. The molecule has 8 heteroatoms. The number of hydrogen-bond acceptors (Lipinski definition) is 4. The second-order valence-electron chi connectivity index (χ2n) is 4.39. The van der Waals surface area contributed by atoms with Gasteiger partial charge in [-0.3, -0.25) is 0 Å². The summed E-state index contributed by atoms with van der Waals surface area (Å²) in [5, 5.41) is 5.13. The van der Waals surface area contributed by atoms with Gasteiger partial charge in [-0.1, -0.05) is 15.9 Å². The van der Waals surface area contributed by atoms with E-state index >= 15 is 0 Å². The van der Waals surface area contributed by atoms with Crippen LogP contribution in [0.4, 0.5) is 10.1 Å². The standard InChI is InChI=1S/C13H12BrFN2O3S/c1-7-12(5-10(16)6-13(7)21(17,18)19)20-11-3-8(14)2-9(15)4-11/h2-6H,16H2,1H3,(H2,17,18,19). The number of halogens is 2. The van der Waals surface area contributed by atoms with Crippen molar-refractivity contribution in [2.75, 3.05) is 5.73 Å². The number of nitrogen functional groups attached to an aromatic ring is 1. The average molecular weight is 375 g/mol. The van der Waals surface area contributed by atoms with Crippen molar-refractivity contribution in [2.45, 2.75) is 11.8 Å². The van der Waals surface area contributed by atoms with Crippen molar-refractivity contribution in [3.05, 3.63) is 46.2 Å². The Morgan fingerprint density at radius 1 is 1.19 bits per heavy atom. The topological polar surface area (TPSA) is 95.4 Å². The molecule has 0 amide bonds. The van der Waals surface area contributed by atoms with Gasteiger partial charge in [-0.2, -0.15) is 0 Å². The maximum Gasteiger partial charge on any atom is 0.238 e. The van der Waals surface area contributed by atoms with E-state index in [0.717, 1.165) is 0 Å². The minimum Gasteiger partial charge on any atom is -0.457 e. The molecule has 0 aliphatic carbocycles. The Morgan fingerprint density at radius 3 is 2.43 bits per heavy atom. The fourth-order valence-corrected chi connectivity index (χ4v) is 3.07. The maximum atomic E-state index is 13.3. The molecule has 21 heavy (non-hydrogen) atoms. The highest BCUT2D eigenvalue weighted by atomic mass is 79.9. The molecule has 0 aliphatic heterocycles. The molecule has 5 nitrogen and oxygen atoms in total. The van der Waals surface area contributed by atoms with Crippen molar-refractivity contribution in [3.8, 4) is 11.5 Å². The van der Waals surface area contributed by atoms with Crippen molar-refractivity contribution in [1.82, 2.24) is 0 Å². The number of hydrogen-bond donors (Lipinski definition) is 2. The van der Waals surface area contributed by atoms with Crippen LogP contribution < -0.4 is 15.6 Å². The predicted molar refractivity (Wildman–Crippen MR) is 81.1 cm³/mol. The summed E-state index contributed by atoms with van der Waals surface area (Å²) in [5.41, 5.74) is 6.13. The zero-order chi connectivity index (χ0) is 15.8. The fraction of sp³-hybridized carbons (Fsp3) is 0.0769. The lowest BCUT2D eigenvalue weighted by Gasteiger charge is -2.13. The molecule has 2 aromatic carbocycles. The third-order valence-corrected chi connectivity index (χ3v) is 4.20. The molecule has 0 bridgehead atoms. The minimum atomic E-state index is -3.93. The van der Waals surface area contributed by atoms with Gasteiger partial charge in [-0.05, 0) is 25.1 Å². The van der Waals surface area contributed by atoms with E-state index < -0.39 is 15.8 Å². The van der Waals surface area contributed by atoms with E-state index in [9.17, 15) is 12.8 Å². The van der Waals surface area contributed by atoms with Gasteiger partial charge in [-0.25, -0.2) is 17.9 Å². The summed E-state index contributed by atoms with van der Waals surface area (Å²) in [6.07, 6.45) is 0. The highest BCUT2D eigenvalue weighted by Crippen LogP contribution is 2.33. The Balaban J connectivity index is 2.52. The van der Waals surface area contributed by atoms with Crippen LogP contribution in [-0.2, 0) is 10.0 Å². The summed E-state index contributed by atoms with van der Waals surface area (Å²) in [6.45, 7) is 1.53. The molecule has 0 unspecified atom stereocenters. The minimum absolute atomic E-state index is 0.132. The molecule has 0 spiro atoms. The monoisotopic (exact) mass is 374 g/mol. The van der Waals surface area contributed by atoms with E-state index in [4.69, 9.17) is 15.6 Å². The third kappa shape index (κ3) is 3.72. The van der Waals surface area contributed by atoms with Gasteiger partial charge < -0.3 is 10.5 Å². The number of benzene rings is 2. The summed E-state index contributed by atoms with van der Waals surface area (Å²) in [6, 6.07) is 6.68. The first-order valence-corrected chi connectivity index (χ1v) is 8.07. The van der Waals surface area contributed by atoms with Crippen LogP contribution in [0.2, 0.25) is 0 Å². The van der Waals surface area contributed by atoms with Crippen molar-refractivity contribution in [3.63, 3.8) is 0 Å². The third-order valence-electron chi connectivity index (χ3n) is 2.71. The fourth-order valence-electron chi connectivity index (χ4n) is 1.80. The predicted octanol–water partition coefficient (Wildman–Crippen LogP) is 2.92. The first kappa shape index (κ1) is 15.7. The molecule has 2 aromatic rings. The zero-order valence-corrected chi connectivity index (χ0v) is 13.3. The Morgan fingerprint density at radius 2 is 1.86 bits per heavy atom. The molecule has 0 heterocycles. The summed E-state index contributed by atoms with van der Waals surface area (Å²) >= 11 is 3.14. The Bertz CT molecular complexity index is 789. The van der Waals surface area contributed by atoms with E-state index in [0.29, 0.717) is 10.0 Å². The SMILES string of the molecule is Cc1c(Oc2cc(F)cc(Br)c2)cc(N)cc1S(N)(=O)=O. The van der Waals surface area contributed by atoms with E-state index in [2.05, 4.69) is 15.9 Å². The second-order valence-corrected chi connectivity index (χ2v) is 6.84. The Hall–Kier alpha value is -1.64. The van der Waals surface area contributed by atoms with Crippen LogP contribution in [-0.4, -0.2) is 8.42 Å². The van der Waals surface area contributed by atoms with Gasteiger partial charge in [0.15, 0.2) is 0 Å². The highest BCUT2D eigenvalue weighted by molar-refractivity contribution is 9.10.